The minimum atomic E-state index is -0.890. The third-order valence-electron chi connectivity index (χ3n) is 3.68. The molecule has 25 heavy (non-hydrogen) atoms. The minimum absolute atomic E-state index is 0.000524. The van der Waals surface area contributed by atoms with Gasteiger partial charge in [-0.2, -0.15) is 4.80 Å². The number of carboxylic acids is 1. The van der Waals surface area contributed by atoms with Gasteiger partial charge in [-0.15, -0.1) is 10.2 Å². The Hall–Kier alpha value is -2.48. The summed E-state index contributed by atoms with van der Waals surface area (Å²) in [4.78, 5) is 24.3. The van der Waals surface area contributed by atoms with E-state index in [1.807, 2.05) is 6.92 Å². The number of benzene rings is 1. The van der Waals surface area contributed by atoms with Crippen molar-refractivity contribution < 1.29 is 14.7 Å². The molecule has 0 aliphatic rings. The van der Waals surface area contributed by atoms with Gasteiger partial charge in [0.25, 0.3) is 0 Å². The van der Waals surface area contributed by atoms with E-state index >= 15 is 0 Å². The first-order chi connectivity index (χ1) is 11.9. The van der Waals surface area contributed by atoms with Gasteiger partial charge in [0.05, 0.1) is 0 Å². The van der Waals surface area contributed by atoms with Gasteiger partial charge < -0.3 is 10.4 Å². The van der Waals surface area contributed by atoms with Gasteiger partial charge in [-0.05, 0) is 49.2 Å². The smallest absolute Gasteiger partial charge is 0.303 e. The molecular weight excluding hydrogens is 346 g/mol. The molecule has 2 aromatic rings. The van der Waals surface area contributed by atoms with Crippen LogP contribution in [0.4, 0.5) is 0 Å². The second kappa shape index (κ2) is 8.57. The fourth-order valence-electron chi connectivity index (χ4n) is 2.28. The second-order valence-electron chi connectivity index (χ2n) is 5.71. The van der Waals surface area contributed by atoms with Crippen LogP contribution in [0.5, 0.6) is 0 Å². The van der Waals surface area contributed by atoms with Crippen LogP contribution in [0.1, 0.15) is 39.2 Å². The summed E-state index contributed by atoms with van der Waals surface area (Å²) in [5.41, 5.74) is 0.751. The van der Waals surface area contributed by atoms with Crippen LogP contribution in [0, 0.1) is 0 Å². The van der Waals surface area contributed by atoms with Crippen molar-refractivity contribution in [3.63, 3.8) is 0 Å². The molecule has 2 unspecified atom stereocenters. The first-order valence-electron chi connectivity index (χ1n) is 7.98. The molecular formula is C16H20ClN5O3. The quantitative estimate of drug-likeness (QED) is 0.742. The van der Waals surface area contributed by atoms with Crippen molar-refractivity contribution in [1.29, 1.82) is 0 Å². The SMILES string of the molecule is CCC(C(=O)NC(C)CCC(=O)O)n1nnc(-c2ccc(Cl)cc2)n1. The number of hydrogen-bond donors (Lipinski definition) is 2. The monoisotopic (exact) mass is 365 g/mol. The van der Waals surface area contributed by atoms with Crippen molar-refractivity contribution in [2.45, 2.75) is 45.2 Å². The summed E-state index contributed by atoms with van der Waals surface area (Å²) in [5, 5.41) is 24.3. The molecule has 0 saturated carbocycles. The molecule has 0 saturated heterocycles. The number of aliphatic carboxylic acids is 1. The number of nitrogens with zero attached hydrogens (tertiary/aromatic N) is 4. The lowest BCUT2D eigenvalue weighted by atomic mass is 10.1. The number of hydrogen-bond acceptors (Lipinski definition) is 5. The van der Waals surface area contributed by atoms with E-state index in [1.165, 1.54) is 4.80 Å². The molecule has 1 aromatic heterocycles. The Kier molecular flexibility index (Phi) is 6.46. The van der Waals surface area contributed by atoms with Crippen LogP contribution in [0.2, 0.25) is 5.02 Å². The molecule has 1 aromatic carbocycles. The molecule has 2 N–H and O–H groups in total. The van der Waals surface area contributed by atoms with Gasteiger partial charge in [-0.25, -0.2) is 0 Å². The largest absolute Gasteiger partial charge is 0.481 e. The summed E-state index contributed by atoms with van der Waals surface area (Å²) in [6.45, 7) is 3.61. The van der Waals surface area contributed by atoms with Crippen molar-refractivity contribution in [2.24, 2.45) is 0 Å². The van der Waals surface area contributed by atoms with Crippen molar-refractivity contribution in [3.8, 4) is 11.4 Å². The first-order valence-corrected chi connectivity index (χ1v) is 8.36. The van der Waals surface area contributed by atoms with E-state index in [0.717, 1.165) is 5.56 Å². The highest BCUT2D eigenvalue weighted by molar-refractivity contribution is 6.30. The predicted octanol–water partition coefficient (Wildman–Crippen LogP) is 2.31. The summed E-state index contributed by atoms with van der Waals surface area (Å²) >= 11 is 5.86. The van der Waals surface area contributed by atoms with Gasteiger partial charge in [-0.3, -0.25) is 9.59 Å². The summed E-state index contributed by atoms with van der Waals surface area (Å²) < 4.78 is 0. The number of nitrogens with one attached hydrogen (secondary N) is 1. The lowest BCUT2D eigenvalue weighted by Gasteiger charge is -2.17. The Morgan fingerprint density at radius 2 is 2.00 bits per heavy atom. The Labute approximate surface area is 150 Å². The van der Waals surface area contributed by atoms with Crippen LogP contribution in [0.15, 0.2) is 24.3 Å². The summed E-state index contributed by atoms with van der Waals surface area (Å²) in [7, 11) is 0. The lowest BCUT2D eigenvalue weighted by Crippen LogP contribution is -2.39. The number of amides is 1. The number of carbonyl (C=O) groups excluding carboxylic acids is 1. The zero-order valence-corrected chi connectivity index (χ0v) is 14.8. The molecule has 2 atom stereocenters. The van der Waals surface area contributed by atoms with E-state index < -0.39 is 12.0 Å². The maximum Gasteiger partial charge on any atom is 0.303 e. The van der Waals surface area contributed by atoms with Crippen LogP contribution in [0.3, 0.4) is 0 Å². The van der Waals surface area contributed by atoms with Gasteiger partial charge in [0.15, 0.2) is 6.04 Å². The maximum absolute atomic E-state index is 12.4. The number of rotatable bonds is 8. The average Bonchev–Trinajstić information content (AvgIpc) is 3.04. The van der Waals surface area contributed by atoms with Crippen LogP contribution >= 0.6 is 11.6 Å². The van der Waals surface area contributed by atoms with Crippen LogP contribution in [0.25, 0.3) is 11.4 Å². The topological polar surface area (TPSA) is 110 Å². The van der Waals surface area contributed by atoms with Gasteiger partial charge in [0.2, 0.25) is 11.7 Å². The Bertz CT molecular complexity index is 732. The van der Waals surface area contributed by atoms with Crippen LogP contribution in [-0.2, 0) is 9.59 Å². The van der Waals surface area contributed by atoms with E-state index in [2.05, 4.69) is 20.7 Å². The molecule has 0 aliphatic heterocycles. The molecule has 1 amide bonds. The van der Waals surface area contributed by atoms with Gasteiger partial charge in [-0.1, -0.05) is 18.5 Å². The van der Waals surface area contributed by atoms with Crippen molar-refractivity contribution >= 4 is 23.5 Å². The number of carbonyl (C=O) groups is 2. The van der Waals surface area contributed by atoms with Gasteiger partial charge >= 0.3 is 5.97 Å². The van der Waals surface area contributed by atoms with Crippen molar-refractivity contribution in [3.05, 3.63) is 29.3 Å². The van der Waals surface area contributed by atoms with Crippen molar-refractivity contribution in [1.82, 2.24) is 25.5 Å². The molecule has 8 nitrogen and oxygen atoms in total. The molecule has 0 spiro atoms. The molecule has 0 fully saturated rings. The zero-order valence-electron chi connectivity index (χ0n) is 14.0. The normalized spacial score (nSPS) is 13.2. The Morgan fingerprint density at radius 1 is 1.32 bits per heavy atom. The van der Waals surface area contributed by atoms with E-state index in [1.54, 1.807) is 31.2 Å². The Morgan fingerprint density at radius 3 is 2.60 bits per heavy atom. The molecule has 0 aliphatic carbocycles. The molecule has 2 rings (SSSR count). The number of halogens is 1. The number of aromatic nitrogens is 4. The average molecular weight is 366 g/mol. The van der Waals surface area contributed by atoms with E-state index in [0.29, 0.717) is 23.7 Å². The number of tetrazole rings is 1. The van der Waals surface area contributed by atoms with Crippen molar-refractivity contribution in [2.75, 3.05) is 0 Å². The Balaban J connectivity index is 2.06. The summed E-state index contributed by atoms with van der Waals surface area (Å²) in [6.07, 6.45) is 0.840. The van der Waals surface area contributed by atoms with Crippen LogP contribution < -0.4 is 5.32 Å². The lowest BCUT2D eigenvalue weighted by molar-refractivity contribution is -0.137. The standard InChI is InChI=1S/C16H20ClN5O3/c1-3-13(16(25)18-10(2)4-9-14(23)24)22-20-15(19-21-22)11-5-7-12(17)8-6-11/h5-8,10,13H,3-4,9H2,1-2H3,(H,18,25)(H,23,24). The molecule has 9 heteroatoms. The van der Waals surface area contributed by atoms with Crippen LogP contribution in [-0.4, -0.2) is 43.2 Å². The third kappa shape index (κ3) is 5.25. The number of carboxylic acid groups (broad SMARTS) is 1. The third-order valence-corrected chi connectivity index (χ3v) is 3.93. The second-order valence-corrected chi connectivity index (χ2v) is 6.14. The van der Waals surface area contributed by atoms with Gasteiger partial charge in [0.1, 0.15) is 0 Å². The van der Waals surface area contributed by atoms with E-state index in [9.17, 15) is 9.59 Å². The maximum atomic E-state index is 12.4. The summed E-state index contributed by atoms with van der Waals surface area (Å²) in [5.74, 6) is -0.749. The van der Waals surface area contributed by atoms with E-state index in [4.69, 9.17) is 16.7 Å². The molecule has 0 bridgehead atoms. The highest BCUT2D eigenvalue weighted by atomic mass is 35.5. The first kappa shape index (κ1) is 18.9. The fraction of sp³-hybridized carbons (Fsp3) is 0.438. The van der Waals surface area contributed by atoms with E-state index in [-0.39, 0.29) is 18.4 Å². The highest BCUT2D eigenvalue weighted by Crippen LogP contribution is 2.18. The summed E-state index contributed by atoms with van der Waals surface area (Å²) in [6, 6.07) is 6.15. The molecule has 1 heterocycles. The minimum Gasteiger partial charge on any atom is -0.481 e. The molecule has 134 valence electrons. The molecule has 0 radical (unpaired) electrons. The van der Waals surface area contributed by atoms with Gasteiger partial charge in [0, 0.05) is 23.0 Å². The highest BCUT2D eigenvalue weighted by Gasteiger charge is 2.23. The fourth-order valence-corrected chi connectivity index (χ4v) is 2.40. The predicted molar refractivity (Wildman–Crippen MR) is 92.1 cm³/mol. The zero-order chi connectivity index (χ0) is 18.4.